The van der Waals surface area contributed by atoms with Crippen LogP contribution in [-0.4, -0.2) is 4.98 Å². The maximum atomic E-state index is 8.76. The molecular formula is C14H10N2. The normalized spacial score (nSPS) is 10.2. The molecule has 0 fully saturated rings. The smallest absolute Gasteiger partial charge is 0.0991 e. The van der Waals surface area contributed by atoms with Gasteiger partial charge in [0, 0.05) is 12.4 Å². The molecule has 2 rings (SSSR count). The van der Waals surface area contributed by atoms with Crippen molar-refractivity contribution in [3.63, 3.8) is 0 Å². The predicted molar refractivity (Wildman–Crippen MR) is 64.3 cm³/mol. The van der Waals surface area contributed by atoms with E-state index < -0.39 is 0 Å². The van der Waals surface area contributed by atoms with E-state index in [0.717, 1.165) is 11.1 Å². The van der Waals surface area contributed by atoms with Crippen molar-refractivity contribution in [3.8, 4) is 6.07 Å². The minimum Gasteiger partial charge on any atom is -0.264 e. The van der Waals surface area contributed by atoms with E-state index in [2.05, 4.69) is 11.1 Å². The molecule has 2 heteroatoms. The van der Waals surface area contributed by atoms with Crippen LogP contribution in [0.15, 0.2) is 48.8 Å². The molecule has 0 aliphatic carbocycles. The molecule has 0 atom stereocenters. The van der Waals surface area contributed by atoms with Gasteiger partial charge >= 0.3 is 0 Å². The highest BCUT2D eigenvalue weighted by Gasteiger charge is 1.91. The second-order valence-corrected chi connectivity index (χ2v) is 3.36. The van der Waals surface area contributed by atoms with Gasteiger partial charge in [-0.2, -0.15) is 5.26 Å². The first-order chi connectivity index (χ1) is 7.88. The molecule has 0 unspecified atom stereocenters. The third-order valence-corrected chi connectivity index (χ3v) is 2.17. The number of benzene rings is 1. The minimum atomic E-state index is 0.674. The minimum absolute atomic E-state index is 0.674. The van der Waals surface area contributed by atoms with Crippen molar-refractivity contribution in [2.24, 2.45) is 0 Å². The summed E-state index contributed by atoms with van der Waals surface area (Å²) >= 11 is 0. The van der Waals surface area contributed by atoms with Crippen LogP contribution in [0.2, 0.25) is 0 Å². The summed E-state index contributed by atoms with van der Waals surface area (Å²) in [7, 11) is 0. The van der Waals surface area contributed by atoms with E-state index in [1.165, 1.54) is 0 Å². The number of hydrogen-bond donors (Lipinski definition) is 0. The molecule has 16 heavy (non-hydrogen) atoms. The van der Waals surface area contributed by atoms with Crippen LogP contribution in [-0.2, 0) is 0 Å². The average molecular weight is 206 g/mol. The van der Waals surface area contributed by atoms with Gasteiger partial charge < -0.3 is 0 Å². The lowest BCUT2D eigenvalue weighted by Gasteiger charge is -1.94. The molecule has 76 valence electrons. The van der Waals surface area contributed by atoms with Gasteiger partial charge in [0.2, 0.25) is 0 Å². The van der Waals surface area contributed by atoms with Crippen molar-refractivity contribution in [2.45, 2.75) is 0 Å². The molecule has 0 saturated heterocycles. The van der Waals surface area contributed by atoms with Gasteiger partial charge in [-0.1, -0.05) is 30.4 Å². The fourth-order valence-electron chi connectivity index (χ4n) is 1.38. The third-order valence-electron chi connectivity index (χ3n) is 2.17. The number of nitriles is 1. The lowest BCUT2D eigenvalue weighted by atomic mass is 10.1. The number of nitrogens with zero attached hydrogens (tertiary/aromatic N) is 2. The number of hydrogen-bond acceptors (Lipinski definition) is 2. The highest BCUT2D eigenvalue weighted by Crippen LogP contribution is 2.09. The van der Waals surface area contributed by atoms with E-state index >= 15 is 0 Å². The van der Waals surface area contributed by atoms with Crippen molar-refractivity contribution >= 4 is 12.2 Å². The summed E-state index contributed by atoms with van der Waals surface area (Å²) in [6.07, 6.45) is 7.49. The molecule has 2 nitrogen and oxygen atoms in total. The van der Waals surface area contributed by atoms with Crippen LogP contribution in [0.4, 0.5) is 0 Å². The second kappa shape index (κ2) is 4.90. The van der Waals surface area contributed by atoms with Crippen molar-refractivity contribution in [3.05, 3.63) is 65.5 Å². The Kier molecular flexibility index (Phi) is 3.10. The highest BCUT2D eigenvalue weighted by atomic mass is 14.6. The van der Waals surface area contributed by atoms with Crippen LogP contribution in [0.3, 0.4) is 0 Å². The quantitative estimate of drug-likeness (QED) is 0.756. The lowest BCUT2D eigenvalue weighted by Crippen LogP contribution is -1.77. The Morgan fingerprint density at radius 2 is 1.88 bits per heavy atom. The molecule has 1 heterocycles. The van der Waals surface area contributed by atoms with Crippen LogP contribution in [0.25, 0.3) is 12.2 Å². The molecule has 0 spiro atoms. The van der Waals surface area contributed by atoms with Crippen LogP contribution < -0.4 is 0 Å². The van der Waals surface area contributed by atoms with E-state index in [4.69, 9.17) is 5.26 Å². The average Bonchev–Trinajstić information content (AvgIpc) is 2.38. The second-order valence-electron chi connectivity index (χ2n) is 3.36. The van der Waals surface area contributed by atoms with Gasteiger partial charge in [-0.05, 0) is 29.3 Å². The standard InChI is InChI=1S/C14H10N2/c15-10-14-4-1-3-12(9-14)6-7-13-5-2-8-16-11-13/h1-9,11H/b7-6+. The first-order valence-electron chi connectivity index (χ1n) is 4.97. The van der Waals surface area contributed by atoms with Gasteiger partial charge in [0.15, 0.2) is 0 Å². The summed E-state index contributed by atoms with van der Waals surface area (Å²) < 4.78 is 0. The Bertz CT molecular complexity index is 536. The Morgan fingerprint density at radius 1 is 1.06 bits per heavy atom. The van der Waals surface area contributed by atoms with Crippen molar-refractivity contribution in [2.75, 3.05) is 0 Å². The Balaban J connectivity index is 2.21. The lowest BCUT2D eigenvalue weighted by molar-refractivity contribution is 1.32. The highest BCUT2D eigenvalue weighted by molar-refractivity contribution is 5.69. The first kappa shape index (κ1) is 10.1. The Hall–Kier alpha value is -2.40. The number of rotatable bonds is 2. The number of pyridine rings is 1. The molecule has 0 N–H and O–H groups in total. The van der Waals surface area contributed by atoms with E-state index in [1.807, 2.05) is 42.5 Å². The fourth-order valence-corrected chi connectivity index (χ4v) is 1.38. The Morgan fingerprint density at radius 3 is 2.62 bits per heavy atom. The van der Waals surface area contributed by atoms with Gasteiger partial charge in [-0.3, -0.25) is 4.98 Å². The zero-order valence-electron chi connectivity index (χ0n) is 8.67. The van der Waals surface area contributed by atoms with Crippen molar-refractivity contribution < 1.29 is 0 Å². The topological polar surface area (TPSA) is 36.7 Å². The van der Waals surface area contributed by atoms with Gasteiger partial charge in [-0.15, -0.1) is 0 Å². The molecule has 0 amide bonds. The molecule has 1 aromatic carbocycles. The third kappa shape index (κ3) is 2.55. The van der Waals surface area contributed by atoms with Gasteiger partial charge in [0.1, 0.15) is 0 Å². The van der Waals surface area contributed by atoms with Crippen LogP contribution >= 0.6 is 0 Å². The summed E-state index contributed by atoms with van der Waals surface area (Å²) in [5, 5.41) is 8.76. The molecular weight excluding hydrogens is 196 g/mol. The summed E-state index contributed by atoms with van der Waals surface area (Å²) in [5.74, 6) is 0. The largest absolute Gasteiger partial charge is 0.264 e. The van der Waals surface area contributed by atoms with Gasteiger partial charge in [-0.25, -0.2) is 0 Å². The van der Waals surface area contributed by atoms with E-state index in [0.29, 0.717) is 5.56 Å². The van der Waals surface area contributed by atoms with E-state index in [-0.39, 0.29) is 0 Å². The molecule has 0 saturated carbocycles. The summed E-state index contributed by atoms with van der Waals surface area (Å²) in [4.78, 5) is 4.03. The molecule has 1 aromatic heterocycles. The Labute approximate surface area is 94.5 Å². The molecule has 0 bridgehead atoms. The van der Waals surface area contributed by atoms with E-state index in [1.54, 1.807) is 18.5 Å². The van der Waals surface area contributed by atoms with Crippen LogP contribution in [0.5, 0.6) is 0 Å². The molecule has 0 radical (unpaired) electrons. The zero-order valence-corrected chi connectivity index (χ0v) is 8.67. The summed E-state index contributed by atoms with van der Waals surface area (Å²) in [5.41, 5.74) is 2.74. The van der Waals surface area contributed by atoms with Gasteiger partial charge in [0.25, 0.3) is 0 Å². The molecule has 0 aliphatic heterocycles. The summed E-state index contributed by atoms with van der Waals surface area (Å²) in [6.45, 7) is 0. The maximum Gasteiger partial charge on any atom is 0.0991 e. The summed E-state index contributed by atoms with van der Waals surface area (Å²) in [6, 6.07) is 13.5. The van der Waals surface area contributed by atoms with Crippen LogP contribution in [0, 0.1) is 11.3 Å². The van der Waals surface area contributed by atoms with Crippen molar-refractivity contribution in [1.82, 2.24) is 4.98 Å². The zero-order chi connectivity index (χ0) is 11.2. The fraction of sp³-hybridized carbons (Fsp3) is 0. The maximum absolute atomic E-state index is 8.76. The van der Waals surface area contributed by atoms with Crippen LogP contribution in [0.1, 0.15) is 16.7 Å². The first-order valence-corrected chi connectivity index (χ1v) is 4.97. The van der Waals surface area contributed by atoms with E-state index in [9.17, 15) is 0 Å². The number of aromatic nitrogens is 1. The van der Waals surface area contributed by atoms with Gasteiger partial charge in [0.05, 0.1) is 11.6 Å². The van der Waals surface area contributed by atoms with Crippen molar-refractivity contribution in [1.29, 1.82) is 5.26 Å². The molecule has 0 aliphatic rings. The SMILES string of the molecule is N#Cc1cccc(/C=C/c2cccnc2)c1. The predicted octanol–water partition coefficient (Wildman–Crippen LogP) is 3.12. The molecule has 2 aromatic rings. The monoisotopic (exact) mass is 206 g/mol.